The average molecular weight is 320 g/mol. The lowest BCUT2D eigenvalue weighted by molar-refractivity contribution is 0.103. The van der Waals surface area contributed by atoms with Gasteiger partial charge < -0.3 is 15.2 Å². The molecule has 0 radical (unpaired) electrons. The largest absolute Gasteiger partial charge is 0.493 e. The summed E-state index contributed by atoms with van der Waals surface area (Å²) in [6, 6.07) is 10.1. The fourth-order valence-corrected chi connectivity index (χ4v) is 2.32. The summed E-state index contributed by atoms with van der Waals surface area (Å²) >= 11 is 6.19. The molecular weight excluding hydrogens is 302 g/mol. The van der Waals surface area contributed by atoms with E-state index in [-0.39, 0.29) is 5.78 Å². The maximum Gasteiger partial charge on any atom is 0.198 e. The number of rotatable bonds is 6. The Morgan fingerprint density at radius 2 is 1.68 bits per heavy atom. The van der Waals surface area contributed by atoms with Crippen LogP contribution in [0.2, 0.25) is 5.02 Å². The van der Waals surface area contributed by atoms with Crippen LogP contribution < -0.4 is 15.2 Å². The smallest absolute Gasteiger partial charge is 0.198 e. The van der Waals surface area contributed by atoms with E-state index < -0.39 is 0 Å². The monoisotopic (exact) mass is 319 g/mol. The Morgan fingerprint density at radius 1 is 1.05 bits per heavy atom. The minimum Gasteiger partial charge on any atom is -0.493 e. The van der Waals surface area contributed by atoms with Crippen molar-refractivity contribution in [1.82, 2.24) is 0 Å². The quantitative estimate of drug-likeness (QED) is 0.647. The number of anilines is 1. The van der Waals surface area contributed by atoms with E-state index in [2.05, 4.69) is 0 Å². The van der Waals surface area contributed by atoms with Crippen molar-refractivity contribution in [2.45, 2.75) is 13.8 Å². The molecule has 0 aliphatic carbocycles. The number of nitrogen functional groups attached to an aromatic ring is 1. The number of benzene rings is 2. The van der Waals surface area contributed by atoms with E-state index in [1.54, 1.807) is 36.4 Å². The van der Waals surface area contributed by atoms with Crippen LogP contribution in [-0.4, -0.2) is 19.0 Å². The van der Waals surface area contributed by atoms with Crippen molar-refractivity contribution in [1.29, 1.82) is 0 Å². The van der Waals surface area contributed by atoms with Crippen LogP contribution in [0.15, 0.2) is 36.4 Å². The van der Waals surface area contributed by atoms with E-state index in [9.17, 15) is 4.79 Å². The minimum atomic E-state index is -0.230. The predicted octanol–water partition coefficient (Wildman–Crippen LogP) is 3.95. The third kappa shape index (κ3) is 3.34. The first-order valence-corrected chi connectivity index (χ1v) is 7.44. The second-order valence-electron chi connectivity index (χ2n) is 4.56. The minimum absolute atomic E-state index is 0.230. The Morgan fingerprint density at radius 3 is 2.32 bits per heavy atom. The zero-order valence-corrected chi connectivity index (χ0v) is 13.3. The van der Waals surface area contributed by atoms with Gasteiger partial charge in [0.1, 0.15) is 11.5 Å². The van der Waals surface area contributed by atoms with Crippen LogP contribution in [0.3, 0.4) is 0 Å². The first-order chi connectivity index (χ1) is 10.6. The molecule has 22 heavy (non-hydrogen) atoms. The SMILES string of the molecule is CCOc1cc(OCC)c(C(=O)c2ccccc2N)cc1Cl. The summed E-state index contributed by atoms with van der Waals surface area (Å²) < 4.78 is 11.0. The summed E-state index contributed by atoms with van der Waals surface area (Å²) in [4.78, 5) is 12.7. The number of hydrogen-bond acceptors (Lipinski definition) is 4. The maximum absolute atomic E-state index is 12.7. The Labute approximate surface area is 134 Å². The molecule has 0 aliphatic heterocycles. The molecule has 4 nitrogen and oxygen atoms in total. The van der Waals surface area contributed by atoms with Crippen LogP contribution in [0, 0.1) is 0 Å². The highest BCUT2D eigenvalue weighted by molar-refractivity contribution is 6.32. The van der Waals surface area contributed by atoms with Gasteiger partial charge in [-0.1, -0.05) is 23.7 Å². The van der Waals surface area contributed by atoms with Crippen molar-refractivity contribution in [2.75, 3.05) is 18.9 Å². The van der Waals surface area contributed by atoms with Gasteiger partial charge in [0, 0.05) is 17.3 Å². The van der Waals surface area contributed by atoms with Crippen LogP contribution in [0.5, 0.6) is 11.5 Å². The fourth-order valence-electron chi connectivity index (χ4n) is 2.10. The van der Waals surface area contributed by atoms with Gasteiger partial charge >= 0.3 is 0 Å². The van der Waals surface area contributed by atoms with Crippen LogP contribution >= 0.6 is 11.6 Å². The van der Waals surface area contributed by atoms with Gasteiger partial charge in [-0.15, -0.1) is 0 Å². The highest BCUT2D eigenvalue weighted by Gasteiger charge is 2.19. The lowest BCUT2D eigenvalue weighted by Gasteiger charge is -2.14. The molecule has 0 saturated heterocycles. The lowest BCUT2D eigenvalue weighted by atomic mass is 10.0. The molecule has 0 spiro atoms. The number of carbonyl (C=O) groups is 1. The van der Waals surface area contributed by atoms with Gasteiger partial charge in [-0.2, -0.15) is 0 Å². The molecule has 0 unspecified atom stereocenters. The second-order valence-corrected chi connectivity index (χ2v) is 4.97. The summed E-state index contributed by atoms with van der Waals surface area (Å²) in [6.45, 7) is 4.61. The second kappa shape index (κ2) is 7.18. The van der Waals surface area contributed by atoms with Crippen molar-refractivity contribution in [2.24, 2.45) is 0 Å². The van der Waals surface area contributed by atoms with Crippen molar-refractivity contribution in [3.8, 4) is 11.5 Å². The standard InChI is InChI=1S/C17H18ClNO3/c1-3-21-15-10-16(22-4-2)13(18)9-12(15)17(20)11-7-5-6-8-14(11)19/h5-10H,3-4,19H2,1-2H3. The molecule has 2 rings (SSSR count). The number of ether oxygens (including phenoxy) is 2. The van der Waals surface area contributed by atoms with Gasteiger partial charge in [0.25, 0.3) is 0 Å². The molecule has 0 aromatic heterocycles. The topological polar surface area (TPSA) is 61.5 Å². The van der Waals surface area contributed by atoms with Gasteiger partial charge in [0.2, 0.25) is 0 Å². The summed E-state index contributed by atoms with van der Waals surface area (Å²) in [6.07, 6.45) is 0. The van der Waals surface area contributed by atoms with Gasteiger partial charge in [-0.3, -0.25) is 4.79 Å². The highest BCUT2D eigenvalue weighted by Crippen LogP contribution is 2.34. The normalized spacial score (nSPS) is 10.3. The zero-order chi connectivity index (χ0) is 16.1. The van der Waals surface area contributed by atoms with Crippen LogP contribution in [0.1, 0.15) is 29.8 Å². The fraction of sp³-hybridized carbons (Fsp3) is 0.235. The molecule has 0 atom stereocenters. The predicted molar refractivity (Wildman–Crippen MR) is 88.1 cm³/mol. The molecule has 0 bridgehead atoms. The van der Waals surface area contributed by atoms with Crippen molar-refractivity contribution in [3.05, 3.63) is 52.5 Å². The van der Waals surface area contributed by atoms with E-state index in [1.165, 1.54) is 0 Å². The van der Waals surface area contributed by atoms with Gasteiger partial charge in [-0.25, -0.2) is 0 Å². The number of halogens is 1. The van der Waals surface area contributed by atoms with Crippen LogP contribution in [0.25, 0.3) is 0 Å². The number of ketones is 1. The third-order valence-corrected chi connectivity index (χ3v) is 3.38. The summed E-state index contributed by atoms with van der Waals surface area (Å²) in [5.74, 6) is 0.695. The molecule has 0 amide bonds. The average Bonchev–Trinajstić information content (AvgIpc) is 2.50. The molecule has 0 saturated carbocycles. The molecular formula is C17H18ClNO3. The zero-order valence-electron chi connectivity index (χ0n) is 12.6. The van der Waals surface area contributed by atoms with E-state index in [0.29, 0.717) is 46.5 Å². The first kappa shape index (κ1) is 16.2. The molecule has 5 heteroatoms. The molecule has 2 N–H and O–H groups in total. The number of nitrogens with two attached hydrogens (primary N) is 1. The summed E-state index contributed by atoms with van der Waals surface area (Å²) in [5, 5.41) is 0.364. The van der Waals surface area contributed by atoms with Gasteiger partial charge in [0.15, 0.2) is 5.78 Å². The Kier molecular flexibility index (Phi) is 5.28. The van der Waals surface area contributed by atoms with E-state index in [4.69, 9.17) is 26.8 Å². The number of hydrogen-bond donors (Lipinski definition) is 1. The van der Waals surface area contributed by atoms with Crippen LogP contribution in [-0.2, 0) is 0 Å². The molecule has 0 aliphatic rings. The first-order valence-electron chi connectivity index (χ1n) is 7.06. The Hall–Kier alpha value is -2.20. The van der Waals surface area contributed by atoms with E-state index in [1.807, 2.05) is 13.8 Å². The molecule has 116 valence electrons. The summed E-state index contributed by atoms with van der Waals surface area (Å²) in [7, 11) is 0. The van der Waals surface area contributed by atoms with Crippen molar-refractivity contribution < 1.29 is 14.3 Å². The molecule has 0 fully saturated rings. The summed E-state index contributed by atoms with van der Waals surface area (Å²) in [5.41, 5.74) is 7.08. The molecule has 0 heterocycles. The van der Waals surface area contributed by atoms with E-state index in [0.717, 1.165) is 0 Å². The lowest BCUT2D eigenvalue weighted by Crippen LogP contribution is -2.08. The van der Waals surface area contributed by atoms with Crippen LogP contribution in [0.4, 0.5) is 5.69 Å². The van der Waals surface area contributed by atoms with E-state index >= 15 is 0 Å². The van der Waals surface area contributed by atoms with Crippen molar-refractivity contribution in [3.63, 3.8) is 0 Å². The number of carbonyl (C=O) groups excluding carboxylic acids is 1. The third-order valence-electron chi connectivity index (χ3n) is 3.08. The maximum atomic E-state index is 12.7. The van der Waals surface area contributed by atoms with Gasteiger partial charge in [0.05, 0.1) is 23.8 Å². The number of para-hydroxylation sites is 1. The highest BCUT2D eigenvalue weighted by atomic mass is 35.5. The molecule has 2 aromatic rings. The van der Waals surface area contributed by atoms with Gasteiger partial charge in [-0.05, 0) is 32.0 Å². The Bertz CT molecular complexity index is 686. The molecule has 2 aromatic carbocycles. The van der Waals surface area contributed by atoms with Crippen molar-refractivity contribution >= 4 is 23.1 Å². The Balaban J connectivity index is 2.51.